The van der Waals surface area contributed by atoms with Crippen LogP contribution in [0.4, 0.5) is 0 Å². The molecular weight excluding hydrogens is 250 g/mol. The highest BCUT2D eigenvalue weighted by Crippen LogP contribution is 2.31. The molecule has 0 aliphatic heterocycles. The number of halogens is 1. The summed E-state index contributed by atoms with van der Waals surface area (Å²) in [5.74, 6) is 0. The second-order valence-corrected chi connectivity index (χ2v) is 10.3. The van der Waals surface area contributed by atoms with Crippen LogP contribution in [0.2, 0.25) is 0 Å². The molecular formula is C14H30ClNS. The highest BCUT2D eigenvalue weighted by atomic mass is 35.5. The van der Waals surface area contributed by atoms with E-state index in [0.717, 1.165) is 6.04 Å². The molecule has 0 unspecified atom stereocenters. The lowest BCUT2D eigenvalue weighted by atomic mass is 9.96. The topological polar surface area (TPSA) is 12.0 Å². The van der Waals surface area contributed by atoms with Gasteiger partial charge >= 0.3 is 0 Å². The van der Waals surface area contributed by atoms with Crippen molar-refractivity contribution < 1.29 is 12.4 Å². The zero-order valence-electron chi connectivity index (χ0n) is 12.4. The van der Waals surface area contributed by atoms with Gasteiger partial charge in [-0.2, -0.15) is 0 Å². The van der Waals surface area contributed by atoms with E-state index in [-0.39, 0.29) is 12.4 Å². The van der Waals surface area contributed by atoms with Gasteiger partial charge in [0.05, 0.1) is 17.1 Å². The van der Waals surface area contributed by atoms with Crippen molar-refractivity contribution in [3.8, 4) is 0 Å². The zero-order valence-corrected chi connectivity index (χ0v) is 14.0. The standard InChI is InChI=1S/C14H30NS.ClH/c1-13(2,3)16(14(4,5)6)15-12-10-8-7-9-11-12;/h12,15H,7-11H2,1-6H3;1H/q+1;/p-1. The maximum Gasteiger partial charge on any atom is 0.139 e. The molecule has 0 bridgehead atoms. The summed E-state index contributed by atoms with van der Waals surface area (Å²) in [4.78, 5) is 0. The molecule has 1 aliphatic rings. The molecule has 1 nitrogen and oxygen atoms in total. The molecule has 1 N–H and O–H groups in total. The molecule has 0 amide bonds. The Morgan fingerprint density at radius 3 is 1.59 bits per heavy atom. The van der Waals surface area contributed by atoms with Gasteiger partial charge in [-0.05, 0) is 54.4 Å². The molecule has 104 valence electrons. The van der Waals surface area contributed by atoms with Gasteiger partial charge in [0.25, 0.3) is 0 Å². The Balaban J connectivity index is 0.00000256. The maximum absolute atomic E-state index is 3.96. The van der Waals surface area contributed by atoms with E-state index in [2.05, 4.69) is 46.3 Å². The van der Waals surface area contributed by atoms with Crippen molar-refractivity contribution in [2.24, 2.45) is 0 Å². The fourth-order valence-electron chi connectivity index (χ4n) is 2.66. The van der Waals surface area contributed by atoms with Crippen LogP contribution in [0.25, 0.3) is 0 Å². The molecule has 0 aromatic heterocycles. The van der Waals surface area contributed by atoms with Gasteiger partial charge in [-0.3, -0.25) is 0 Å². The highest BCUT2D eigenvalue weighted by molar-refractivity contribution is 7.97. The van der Waals surface area contributed by atoms with Crippen molar-refractivity contribution in [3.05, 3.63) is 0 Å². The van der Waals surface area contributed by atoms with Crippen molar-refractivity contribution in [1.82, 2.24) is 4.72 Å². The Morgan fingerprint density at radius 1 is 0.824 bits per heavy atom. The molecule has 1 rings (SSSR count). The molecule has 0 spiro atoms. The van der Waals surface area contributed by atoms with Crippen LogP contribution >= 0.6 is 0 Å². The SMILES string of the molecule is CC(C)(C)[S+](NC1CCCCC1)C(C)(C)C.[Cl-]. The average molecular weight is 280 g/mol. The van der Waals surface area contributed by atoms with Crippen LogP contribution in [0.5, 0.6) is 0 Å². The van der Waals surface area contributed by atoms with Crippen LogP contribution in [-0.2, 0) is 11.1 Å². The molecule has 0 radical (unpaired) electrons. The monoisotopic (exact) mass is 279 g/mol. The summed E-state index contributed by atoms with van der Waals surface area (Å²) in [5, 5.41) is 0. The minimum Gasteiger partial charge on any atom is -1.00 e. The van der Waals surface area contributed by atoms with Crippen molar-refractivity contribution >= 4 is 11.1 Å². The summed E-state index contributed by atoms with van der Waals surface area (Å²) in [6.07, 6.45) is 7.05. The first-order chi connectivity index (χ1) is 7.21. The normalized spacial score (nSPS) is 19.2. The van der Waals surface area contributed by atoms with E-state index in [1.54, 1.807) is 0 Å². The largest absolute Gasteiger partial charge is 1.00 e. The van der Waals surface area contributed by atoms with Gasteiger partial charge in [0.2, 0.25) is 0 Å². The summed E-state index contributed by atoms with van der Waals surface area (Å²) in [5.41, 5.74) is 0. The Bertz CT molecular complexity index is 197. The molecule has 0 aromatic rings. The summed E-state index contributed by atoms with van der Waals surface area (Å²) in [6, 6.07) is 0.774. The quantitative estimate of drug-likeness (QED) is 0.745. The fraction of sp³-hybridized carbons (Fsp3) is 1.00. The van der Waals surface area contributed by atoms with E-state index in [9.17, 15) is 0 Å². The molecule has 17 heavy (non-hydrogen) atoms. The van der Waals surface area contributed by atoms with Crippen molar-refractivity contribution in [2.75, 3.05) is 0 Å². The smallest absolute Gasteiger partial charge is 0.139 e. The second kappa shape index (κ2) is 6.68. The van der Waals surface area contributed by atoms with Gasteiger partial charge in [0, 0.05) is 0 Å². The van der Waals surface area contributed by atoms with Crippen molar-refractivity contribution in [1.29, 1.82) is 0 Å². The van der Waals surface area contributed by atoms with Crippen LogP contribution in [0.1, 0.15) is 73.6 Å². The van der Waals surface area contributed by atoms with Gasteiger partial charge in [0.15, 0.2) is 0 Å². The summed E-state index contributed by atoms with van der Waals surface area (Å²) in [6.45, 7) is 14.2. The Hall–Kier alpha value is 0.600. The first-order valence-corrected chi connectivity index (χ1v) is 7.94. The third-order valence-corrected chi connectivity index (χ3v) is 6.13. The summed E-state index contributed by atoms with van der Waals surface area (Å²) < 4.78 is 4.71. The minimum atomic E-state index is 0. The number of nitrogens with one attached hydrogen (secondary N) is 1. The van der Waals surface area contributed by atoms with Gasteiger partial charge in [-0.1, -0.05) is 19.3 Å². The molecule has 1 saturated carbocycles. The lowest BCUT2D eigenvalue weighted by molar-refractivity contribution is -0.00000427. The first-order valence-electron chi connectivity index (χ1n) is 6.72. The van der Waals surface area contributed by atoms with Gasteiger partial charge in [0.1, 0.15) is 9.49 Å². The van der Waals surface area contributed by atoms with Crippen LogP contribution in [-0.4, -0.2) is 15.5 Å². The van der Waals surface area contributed by atoms with Gasteiger partial charge < -0.3 is 12.4 Å². The molecule has 0 aromatic carbocycles. The van der Waals surface area contributed by atoms with Gasteiger partial charge in [-0.25, -0.2) is 0 Å². The minimum absolute atomic E-state index is 0. The zero-order chi connectivity index (χ0) is 12.4. The predicted molar refractivity (Wildman–Crippen MR) is 76.9 cm³/mol. The Kier molecular flexibility index (Phi) is 6.91. The molecule has 0 heterocycles. The third-order valence-electron chi connectivity index (χ3n) is 3.11. The van der Waals surface area contributed by atoms with E-state index in [0.29, 0.717) is 20.6 Å². The second-order valence-electron chi connectivity index (χ2n) is 6.98. The Labute approximate surface area is 117 Å². The van der Waals surface area contributed by atoms with Crippen molar-refractivity contribution in [2.45, 2.75) is 89.2 Å². The fourth-order valence-corrected chi connectivity index (χ4v) is 5.77. The van der Waals surface area contributed by atoms with Crippen LogP contribution in [0.3, 0.4) is 0 Å². The third kappa shape index (κ3) is 5.85. The summed E-state index contributed by atoms with van der Waals surface area (Å²) in [7, 11) is 0. The van der Waals surface area contributed by atoms with Crippen LogP contribution in [0, 0.1) is 0 Å². The maximum atomic E-state index is 3.96. The average Bonchev–Trinajstić information content (AvgIpc) is 2.12. The van der Waals surface area contributed by atoms with E-state index in [1.807, 2.05) is 0 Å². The van der Waals surface area contributed by atoms with Crippen LogP contribution < -0.4 is 17.1 Å². The van der Waals surface area contributed by atoms with Gasteiger partial charge in [-0.15, -0.1) is 4.72 Å². The predicted octanol–water partition coefficient (Wildman–Crippen LogP) is 1.04. The highest BCUT2D eigenvalue weighted by Gasteiger charge is 2.46. The lowest BCUT2D eigenvalue weighted by Crippen LogP contribution is -3.00. The number of hydrogen-bond donors (Lipinski definition) is 1. The van der Waals surface area contributed by atoms with E-state index in [1.165, 1.54) is 32.1 Å². The number of hydrogen-bond acceptors (Lipinski definition) is 1. The Morgan fingerprint density at radius 2 is 1.24 bits per heavy atom. The van der Waals surface area contributed by atoms with Crippen LogP contribution in [0.15, 0.2) is 0 Å². The molecule has 1 fully saturated rings. The summed E-state index contributed by atoms with van der Waals surface area (Å²) >= 11 is 0.293. The van der Waals surface area contributed by atoms with E-state index >= 15 is 0 Å². The molecule has 3 heteroatoms. The molecule has 0 atom stereocenters. The first kappa shape index (κ1) is 17.6. The molecule has 0 saturated heterocycles. The van der Waals surface area contributed by atoms with Crippen molar-refractivity contribution in [3.63, 3.8) is 0 Å². The van der Waals surface area contributed by atoms with E-state index < -0.39 is 0 Å². The van der Waals surface area contributed by atoms with E-state index in [4.69, 9.17) is 0 Å². The molecule has 1 aliphatic carbocycles. The lowest BCUT2D eigenvalue weighted by Gasteiger charge is -2.34. The number of rotatable bonds is 2.